The quantitative estimate of drug-likeness (QED) is 0.115. The zero-order valence-corrected chi connectivity index (χ0v) is 41.4. The van der Waals surface area contributed by atoms with E-state index in [0.717, 1.165) is 0 Å². The average Bonchev–Trinajstić information content (AvgIpc) is 4.23. The standard InChI is InChI=1S/C76H44/c1-6-20-45(21-7-1)50-34-35-59(64(44-50)46-22-8-2-9-23-46)70-54-33-19-18-32-53(54)67(49-28-14-5-15-29-49)75-62-42-38-57-55-36-40-60-71-61(41-37-56(68(55)71)58-39-43-63(76(70)75)72(62)69(57)58)74-66(48-26-12-4-13-27-48)52-31-17-16-30-51(52)65(73(60)74)47-24-10-3-11-25-47/h1-44H. The summed E-state index contributed by atoms with van der Waals surface area (Å²) in [4.78, 5) is 0. The van der Waals surface area contributed by atoms with Crippen molar-refractivity contribution in [1.29, 1.82) is 0 Å². The van der Waals surface area contributed by atoms with E-state index in [4.69, 9.17) is 0 Å². The molecule has 2 aliphatic rings. The molecule has 0 nitrogen and oxygen atoms in total. The van der Waals surface area contributed by atoms with E-state index in [0.29, 0.717) is 0 Å². The lowest BCUT2D eigenvalue weighted by atomic mass is 9.80. The van der Waals surface area contributed by atoms with Gasteiger partial charge in [-0.3, -0.25) is 0 Å². The van der Waals surface area contributed by atoms with Crippen molar-refractivity contribution in [3.05, 3.63) is 267 Å². The van der Waals surface area contributed by atoms with Gasteiger partial charge < -0.3 is 0 Å². The summed E-state index contributed by atoms with van der Waals surface area (Å²) < 4.78 is 0. The fourth-order valence-corrected chi connectivity index (χ4v) is 14.1. The number of hydrogen-bond acceptors (Lipinski definition) is 0. The lowest BCUT2D eigenvalue weighted by molar-refractivity contribution is 1.57. The number of rotatable bonds is 6. The summed E-state index contributed by atoms with van der Waals surface area (Å²) >= 11 is 0. The highest BCUT2D eigenvalue weighted by molar-refractivity contribution is 6.42. The summed E-state index contributed by atoms with van der Waals surface area (Å²) in [6.45, 7) is 0. The van der Waals surface area contributed by atoms with Crippen molar-refractivity contribution < 1.29 is 0 Å². The first kappa shape index (κ1) is 41.6. The summed E-state index contributed by atoms with van der Waals surface area (Å²) in [6.07, 6.45) is 0. The van der Waals surface area contributed by atoms with Gasteiger partial charge in [-0.05, 0) is 182 Å². The Morgan fingerprint density at radius 2 is 0.421 bits per heavy atom. The molecule has 0 aromatic heterocycles. The lowest BCUT2D eigenvalue weighted by Crippen LogP contribution is -1.95. The van der Waals surface area contributed by atoms with Gasteiger partial charge in [0.05, 0.1) is 0 Å². The minimum absolute atomic E-state index is 1.20. The zero-order chi connectivity index (χ0) is 49.6. The van der Waals surface area contributed by atoms with Crippen LogP contribution in [0.25, 0.3) is 176 Å². The van der Waals surface area contributed by atoms with E-state index in [2.05, 4.69) is 267 Å². The molecular weight excluding hydrogens is 913 g/mol. The van der Waals surface area contributed by atoms with Gasteiger partial charge >= 0.3 is 0 Å². The third-order valence-electron chi connectivity index (χ3n) is 17.1. The van der Waals surface area contributed by atoms with Crippen LogP contribution in [0.1, 0.15) is 0 Å². The van der Waals surface area contributed by atoms with Gasteiger partial charge in [0, 0.05) is 0 Å². The summed E-state index contributed by atoms with van der Waals surface area (Å²) in [5.41, 5.74) is 25.5. The fraction of sp³-hybridized carbons (Fsp3) is 0. The predicted octanol–water partition coefficient (Wildman–Crippen LogP) is 21.3. The van der Waals surface area contributed by atoms with Crippen molar-refractivity contribution in [3.8, 4) is 111 Å². The maximum atomic E-state index is 2.47. The lowest BCUT2D eigenvalue weighted by Gasteiger charge is -2.22. The second-order valence-electron chi connectivity index (χ2n) is 20.8. The molecule has 0 N–H and O–H groups in total. The molecule has 0 heterocycles. The molecule has 0 aliphatic heterocycles. The van der Waals surface area contributed by atoms with Gasteiger partial charge in [-0.25, -0.2) is 0 Å². The molecule has 0 saturated carbocycles. The molecule has 0 radical (unpaired) electrons. The Morgan fingerprint density at radius 1 is 0.132 bits per heavy atom. The molecule has 15 aromatic carbocycles. The number of hydrogen-bond donors (Lipinski definition) is 0. The monoisotopic (exact) mass is 956 g/mol. The van der Waals surface area contributed by atoms with Gasteiger partial charge in [-0.2, -0.15) is 0 Å². The maximum Gasteiger partial charge on any atom is -0.000718 e. The third-order valence-corrected chi connectivity index (χ3v) is 17.1. The summed E-state index contributed by atoms with van der Waals surface area (Å²) in [7, 11) is 0. The molecule has 0 heteroatoms. The highest BCUT2D eigenvalue weighted by Gasteiger charge is 2.35. The molecule has 0 unspecified atom stereocenters. The average molecular weight is 957 g/mol. The SMILES string of the molecule is c1ccc(-c2ccc(-c3c4c(c(-c5ccccc5)c5ccccc35)-c3ccc5c6ccc7c8c(ccc(c9ccc-4c3c59)c86)-c3c-7c(-c4ccccc4)c4ccccc4c3-c3ccccc3)c(-c3ccccc3)c2)cc1. The maximum absolute atomic E-state index is 2.47. The van der Waals surface area contributed by atoms with Gasteiger partial charge in [-0.1, -0.05) is 261 Å². The minimum atomic E-state index is 1.20. The van der Waals surface area contributed by atoms with Crippen LogP contribution in [-0.2, 0) is 0 Å². The molecule has 0 saturated heterocycles. The van der Waals surface area contributed by atoms with E-state index in [9.17, 15) is 0 Å². The first-order chi connectivity index (χ1) is 37.8. The molecule has 15 aromatic rings. The molecule has 76 heavy (non-hydrogen) atoms. The Labute approximate surface area is 440 Å². The summed E-state index contributed by atoms with van der Waals surface area (Å²) in [5.74, 6) is 0. The molecule has 0 bridgehead atoms. The predicted molar refractivity (Wildman–Crippen MR) is 324 cm³/mol. The Morgan fingerprint density at radius 3 is 0.789 bits per heavy atom. The smallest absolute Gasteiger partial charge is 0.000718 e. The second-order valence-corrected chi connectivity index (χ2v) is 20.8. The van der Waals surface area contributed by atoms with Crippen molar-refractivity contribution >= 4 is 64.6 Å². The topological polar surface area (TPSA) is 0 Å². The van der Waals surface area contributed by atoms with Crippen LogP contribution in [0, 0.1) is 0 Å². The van der Waals surface area contributed by atoms with E-state index in [-0.39, 0.29) is 0 Å². The molecule has 0 atom stereocenters. The van der Waals surface area contributed by atoms with Gasteiger partial charge in [-0.15, -0.1) is 0 Å². The normalized spacial score (nSPS) is 12.2. The molecule has 0 amide bonds. The molecule has 348 valence electrons. The van der Waals surface area contributed by atoms with Gasteiger partial charge in [0.15, 0.2) is 0 Å². The van der Waals surface area contributed by atoms with E-state index >= 15 is 0 Å². The largest absolute Gasteiger partial charge is 0.0622 e. The first-order valence-electron chi connectivity index (χ1n) is 26.6. The van der Waals surface area contributed by atoms with Crippen molar-refractivity contribution in [2.24, 2.45) is 0 Å². The van der Waals surface area contributed by atoms with Gasteiger partial charge in [0.2, 0.25) is 0 Å². The number of fused-ring (bicyclic) bond motifs is 10. The molecular formula is C76H44. The van der Waals surface area contributed by atoms with Crippen LogP contribution in [0.4, 0.5) is 0 Å². The van der Waals surface area contributed by atoms with Crippen molar-refractivity contribution in [1.82, 2.24) is 0 Å². The first-order valence-corrected chi connectivity index (χ1v) is 26.6. The molecule has 17 rings (SSSR count). The highest BCUT2D eigenvalue weighted by Crippen LogP contribution is 2.63. The fourth-order valence-electron chi connectivity index (χ4n) is 14.1. The Bertz CT molecular complexity index is 4780. The van der Waals surface area contributed by atoms with Crippen LogP contribution in [0.15, 0.2) is 267 Å². The molecule has 0 spiro atoms. The van der Waals surface area contributed by atoms with Crippen LogP contribution in [-0.4, -0.2) is 0 Å². The van der Waals surface area contributed by atoms with E-state index in [1.165, 1.54) is 176 Å². The van der Waals surface area contributed by atoms with Crippen LogP contribution in [0.2, 0.25) is 0 Å². The van der Waals surface area contributed by atoms with Crippen molar-refractivity contribution in [2.45, 2.75) is 0 Å². The Hall–Kier alpha value is -9.88. The Kier molecular flexibility index (Phi) is 8.65. The van der Waals surface area contributed by atoms with E-state index in [1.807, 2.05) is 0 Å². The summed E-state index contributed by atoms with van der Waals surface area (Å²) in [6, 6.07) is 100. The van der Waals surface area contributed by atoms with Crippen molar-refractivity contribution in [2.75, 3.05) is 0 Å². The molecule has 2 aliphatic carbocycles. The Balaban J connectivity index is 0.987. The number of benzene rings is 15. The van der Waals surface area contributed by atoms with Crippen LogP contribution in [0.5, 0.6) is 0 Å². The minimum Gasteiger partial charge on any atom is -0.0622 e. The van der Waals surface area contributed by atoms with Gasteiger partial charge in [0.25, 0.3) is 0 Å². The van der Waals surface area contributed by atoms with Crippen LogP contribution >= 0.6 is 0 Å². The highest BCUT2D eigenvalue weighted by atomic mass is 14.4. The summed E-state index contributed by atoms with van der Waals surface area (Å²) in [5, 5.41) is 15.7. The zero-order valence-electron chi connectivity index (χ0n) is 41.4. The van der Waals surface area contributed by atoms with E-state index < -0.39 is 0 Å². The van der Waals surface area contributed by atoms with Crippen LogP contribution in [0.3, 0.4) is 0 Å². The van der Waals surface area contributed by atoms with Gasteiger partial charge in [0.1, 0.15) is 0 Å². The second kappa shape index (κ2) is 15.8. The molecule has 0 fully saturated rings. The van der Waals surface area contributed by atoms with E-state index in [1.54, 1.807) is 0 Å². The van der Waals surface area contributed by atoms with Crippen molar-refractivity contribution in [3.63, 3.8) is 0 Å². The third kappa shape index (κ3) is 5.62. The van der Waals surface area contributed by atoms with Crippen LogP contribution < -0.4 is 0 Å².